The van der Waals surface area contributed by atoms with E-state index >= 15 is 0 Å². The lowest BCUT2D eigenvalue weighted by Gasteiger charge is -2.47. The van der Waals surface area contributed by atoms with Gasteiger partial charge in [0.15, 0.2) is 5.82 Å². The standard InChI is InChI=1S/C27H30N8O2/c1-3-22(36)35-16-27(17-35)10-12-34(15-27)25-20(13-28)23(24-19-8-4-5-9-21(19)31-32-24)29-26(30-25)37-14-18-7-6-11-33(18)2/h3-5,8-9,18H,1,6-7,10-12,14-17H2,2H3,(H,31,32)/t18-/m0/s1. The van der Waals surface area contributed by atoms with Gasteiger partial charge in [0.05, 0.1) is 5.52 Å². The lowest BCUT2D eigenvalue weighted by Crippen LogP contribution is -2.59. The number of likely N-dealkylation sites (tertiary alicyclic amines) is 2. The SMILES string of the molecule is C=CC(=O)N1CC2(CCN(c3nc(OC[C@@H]4CCCN4C)nc(-c4n[nH]c5ccccc45)c3C#N)C2)C1. The maximum absolute atomic E-state index is 12.0. The molecule has 190 valence electrons. The molecule has 3 aromatic rings. The molecule has 5 heterocycles. The van der Waals surface area contributed by atoms with Crippen LogP contribution < -0.4 is 9.64 Å². The van der Waals surface area contributed by atoms with Gasteiger partial charge in [-0.15, -0.1) is 0 Å². The average Bonchev–Trinajstić information content (AvgIpc) is 3.64. The summed E-state index contributed by atoms with van der Waals surface area (Å²) in [6.45, 7) is 7.98. The zero-order valence-electron chi connectivity index (χ0n) is 21.0. The first kappa shape index (κ1) is 23.4. The van der Waals surface area contributed by atoms with Crippen molar-refractivity contribution in [3.8, 4) is 23.5 Å². The molecule has 0 unspecified atom stereocenters. The van der Waals surface area contributed by atoms with Crippen molar-refractivity contribution in [2.45, 2.75) is 25.3 Å². The van der Waals surface area contributed by atoms with E-state index in [4.69, 9.17) is 14.7 Å². The molecule has 0 aliphatic carbocycles. The molecule has 1 aromatic carbocycles. The molecule has 1 spiro atoms. The van der Waals surface area contributed by atoms with Gasteiger partial charge in [-0.1, -0.05) is 24.8 Å². The number of anilines is 1. The predicted octanol–water partition coefficient (Wildman–Crippen LogP) is 2.59. The second-order valence-electron chi connectivity index (χ2n) is 10.4. The zero-order valence-corrected chi connectivity index (χ0v) is 21.0. The van der Waals surface area contributed by atoms with E-state index in [2.05, 4.69) is 39.7 Å². The molecule has 0 radical (unpaired) electrons. The Kier molecular flexibility index (Phi) is 5.80. The highest BCUT2D eigenvalue weighted by molar-refractivity contribution is 5.94. The Morgan fingerprint density at radius 2 is 2.11 bits per heavy atom. The average molecular weight is 499 g/mol. The van der Waals surface area contributed by atoms with Crippen LogP contribution in [-0.2, 0) is 4.79 Å². The number of likely N-dealkylation sites (N-methyl/N-ethyl adjacent to an activating group) is 1. The van der Waals surface area contributed by atoms with Gasteiger partial charge in [0.1, 0.15) is 29.6 Å². The van der Waals surface area contributed by atoms with Gasteiger partial charge in [-0.2, -0.15) is 20.3 Å². The largest absolute Gasteiger partial charge is 0.462 e. The van der Waals surface area contributed by atoms with Gasteiger partial charge in [-0.3, -0.25) is 9.89 Å². The van der Waals surface area contributed by atoms with Crippen LogP contribution in [0, 0.1) is 16.7 Å². The maximum atomic E-state index is 12.0. The van der Waals surface area contributed by atoms with Crippen LogP contribution in [0.25, 0.3) is 22.3 Å². The smallest absolute Gasteiger partial charge is 0.319 e. The van der Waals surface area contributed by atoms with Gasteiger partial charge in [0.25, 0.3) is 0 Å². The fourth-order valence-corrected chi connectivity index (χ4v) is 5.92. The van der Waals surface area contributed by atoms with Crippen LogP contribution in [0.3, 0.4) is 0 Å². The number of benzene rings is 1. The molecule has 1 N–H and O–H groups in total. The van der Waals surface area contributed by atoms with Crippen LogP contribution in [-0.4, -0.2) is 88.3 Å². The molecule has 1 atom stereocenters. The Balaban J connectivity index is 1.36. The molecule has 3 aliphatic rings. The summed E-state index contributed by atoms with van der Waals surface area (Å²) in [6.07, 6.45) is 4.51. The summed E-state index contributed by atoms with van der Waals surface area (Å²) in [5.41, 5.74) is 2.34. The van der Waals surface area contributed by atoms with E-state index in [1.807, 2.05) is 29.2 Å². The van der Waals surface area contributed by atoms with E-state index < -0.39 is 0 Å². The number of ether oxygens (including phenoxy) is 1. The van der Waals surface area contributed by atoms with E-state index in [9.17, 15) is 10.1 Å². The Morgan fingerprint density at radius 3 is 2.86 bits per heavy atom. The minimum atomic E-state index is -0.0379. The van der Waals surface area contributed by atoms with Gasteiger partial charge in [-0.05, 0) is 45.0 Å². The second kappa shape index (κ2) is 9.16. The Hall–Kier alpha value is -3.97. The first-order valence-electron chi connectivity index (χ1n) is 12.8. The van der Waals surface area contributed by atoms with Crippen molar-refractivity contribution in [2.75, 3.05) is 51.3 Å². The fraction of sp³-hybridized carbons (Fsp3) is 0.444. The number of nitrogens with one attached hydrogen (secondary N) is 1. The topological polar surface area (TPSA) is 114 Å². The summed E-state index contributed by atoms with van der Waals surface area (Å²) in [7, 11) is 2.11. The normalized spacial score (nSPS) is 20.8. The summed E-state index contributed by atoms with van der Waals surface area (Å²) in [6, 6.07) is 10.7. The molecule has 0 bridgehead atoms. The molecule has 10 nitrogen and oxygen atoms in total. The van der Waals surface area contributed by atoms with Crippen LogP contribution in [0.5, 0.6) is 6.01 Å². The maximum Gasteiger partial charge on any atom is 0.319 e. The number of nitriles is 1. The molecule has 3 fully saturated rings. The van der Waals surface area contributed by atoms with E-state index in [0.29, 0.717) is 55.1 Å². The van der Waals surface area contributed by atoms with Crippen LogP contribution in [0.4, 0.5) is 5.82 Å². The third kappa shape index (κ3) is 4.09. The first-order valence-corrected chi connectivity index (χ1v) is 12.8. The Bertz CT molecular complexity index is 1400. The number of rotatable bonds is 6. The van der Waals surface area contributed by atoms with Crippen molar-refractivity contribution in [3.63, 3.8) is 0 Å². The van der Waals surface area contributed by atoms with Crippen LogP contribution in [0.1, 0.15) is 24.8 Å². The first-order chi connectivity index (χ1) is 18.0. The van der Waals surface area contributed by atoms with E-state index in [1.165, 1.54) is 6.08 Å². The van der Waals surface area contributed by atoms with E-state index in [-0.39, 0.29) is 17.3 Å². The van der Waals surface area contributed by atoms with Crippen molar-refractivity contribution < 1.29 is 9.53 Å². The minimum Gasteiger partial charge on any atom is -0.462 e. The summed E-state index contributed by atoms with van der Waals surface area (Å²) < 4.78 is 6.16. The summed E-state index contributed by atoms with van der Waals surface area (Å²) >= 11 is 0. The predicted molar refractivity (Wildman–Crippen MR) is 139 cm³/mol. The molecule has 2 aromatic heterocycles. The second-order valence-corrected chi connectivity index (χ2v) is 10.4. The number of aromatic amines is 1. The molecule has 0 saturated carbocycles. The quantitative estimate of drug-likeness (QED) is 0.516. The van der Waals surface area contributed by atoms with E-state index in [0.717, 1.165) is 43.3 Å². The molecule has 1 amide bonds. The number of H-pyrrole nitrogens is 1. The summed E-state index contributed by atoms with van der Waals surface area (Å²) in [5, 5.41) is 18.8. The van der Waals surface area contributed by atoms with Crippen LogP contribution in [0.2, 0.25) is 0 Å². The minimum absolute atomic E-state index is 0.00310. The van der Waals surface area contributed by atoms with Gasteiger partial charge < -0.3 is 19.4 Å². The molecular formula is C27H30N8O2. The highest BCUT2D eigenvalue weighted by Crippen LogP contribution is 2.43. The van der Waals surface area contributed by atoms with Crippen molar-refractivity contribution in [1.82, 2.24) is 30.0 Å². The number of carbonyl (C=O) groups is 1. The highest BCUT2D eigenvalue weighted by Gasteiger charge is 2.49. The summed E-state index contributed by atoms with van der Waals surface area (Å²) in [5.74, 6) is 0.531. The Morgan fingerprint density at radius 1 is 1.27 bits per heavy atom. The number of nitrogens with zero attached hydrogens (tertiary/aromatic N) is 7. The number of carbonyl (C=O) groups excluding carboxylic acids is 1. The van der Waals surface area contributed by atoms with Crippen LogP contribution in [0.15, 0.2) is 36.9 Å². The van der Waals surface area contributed by atoms with Crippen molar-refractivity contribution in [3.05, 3.63) is 42.5 Å². The lowest BCUT2D eigenvalue weighted by atomic mass is 9.79. The Labute approximate surface area is 215 Å². The number of hydrogen-bond donors (Lipinski definition) is 1. The number of fused-ring (bicyclic) bond motifs is 1. The van der Waals surface area contributed by atoms with Gasteiger partial charge in [0, 0.05) is 43.0 Å². The number of amides is 1. The fourth-order valence-electron chi connectivity index (χ4n) is 5.92. The number of para-hydroxylation sites is 1. The van der Waals surface area contributed by atoms with E-state index in [1.54, 1.807) is 0 Å². The third-order valence-corrected chi connectivity index (χ3v) is 8.03. The summed E-state index contributed by atoms with van der Waals surface area (Å²) in [4.78, 5) is 27.8. The molecular weight excluding hydrogens is 468 g/mol. The molecule has 3 saturated heterocycles. The van der Waals surface area contributed by atoms with Gasteiger partial charge >= 0.3 is 6.01 Å². The van der Waals surface area contributed by atoms with Gasteiger partial charge in [-0.25, -0.2) is 0 Å². The highest BCUT2D eigenvalue weighted by atomic mass is 16.5. The molecule has 10 heteroatoms. The molecule has 3 aliphatic heterocycles. The van der Waals surface area contributed by atoms with Crippen LogP contribution >= 0.6 is 0 Å². The molecule has 37 heavy (non-hydrogen) atoms. The monoisotopic (exact) mass is 498 g/mol. The number of aromatic nitrogens is 4. The zero-order chi connectivity index (χ0) is 25.6. The van der Waals surface area contributed by atoms with Crippen molar-refractivity contribution >= 4 is 22.6 Å². The van der Waals surface area contributed by atoms with Crippen molar-refractivity contribution in [1.29, 1.82) is 5.26 Å². The van der Waals surface area contributed by atoms with Crippen molar-refractivity contribution in [2.24, 2.45) is 5.41 Å². The van der Waals surface area contributed by atoms with Gasteiger partial charge in [0.2, 0.25) is 5.91 Å². The lowest BCUT2D eigenvalue weighted by molar-refractivity contribution is -0.136. The number of hydrogen-bond acceptors (Lipinski definition) is 8. The molecule has 6 rings (SSSR count). The third-order valence-electron chi connectivity index (χ3n) is 8.03.